The number of nitrogens with zero attached hydrogens (tertiary/aromatic N) is 4. The Morgan fingerprint density at radius 3 is 2.55 bits per heavy atom. The Balaban J connectivity index is 1.53. The summed E-state index contributed by atoms with van der Waals surface area (Å²) in [5, 5.41) is 6.25. The molecule has 1 amide bonds. The van der Waals surface area contributed by atoms with Crippen molar-refractivity contribution in [1.29, 1.82) is 0 Å². The van der Waals surface area contributed by atoms with Gasteiger partial charge >= 0.3 is 0 Å². The maximum Gasteiger partial charge on any atom is 0.228 e. The van der Waals surface area contributed by atoms with E-state index in [1.807, 2.05) is 17.2 Å². The molecule has 1 saturated heterocycles. The monoisotopic (exact) mass is 336 g/mol. The summed E-state index contributed by atoms with van der Waals surface area (Å²) in [6.07, 6.45) is 1.36. The highest BCUT2D eigenvalue weighted by Gasteiger charge is 2.23. The molecule has 0 bridgehead atoms. The number of rotatable bonds is 4. The first-order chi connectivity index (χ1) is 10.7. The maximum absolute atomic E-state index is 12.4. The molecule has 2 aromatic heterocycles. The standard InChI is InChI=1S/C15H20N4OS2/c1-3-13-17-12(10-21-13)8-14(20)18-4-6-19(7-5-18)15-16-11(2)9-22-15/h9-10H,3-8H2,1-2H3. The predicted octanol–water partition coefficient (Wildman–Crippen LogP) is 2.36. The lowest BCUT2D eigenvalue weighted by molar-refractivity contribution is -0.130. The molecule has 0 radical (unpaired) electrons. The first kappa shape index (κ1) is 15.4. The van der Waals surface area contributed by atoms with Gasteiger partial charge in [-0.2, -0.15) is 0 Å². The average Bonchev–Trinajstić information content (AvgIpc) is 3.16. The molecule has 2 aromatic rings. The molecule has 0 aromatic carbocycles. The molecule has 0 aliphatic carbocycles. The van der Waals surface area contributed by atoms with Gasteiger partial charge in [0.05, 0.1) is 22.8 Å². The fourth-order valence-corrected chi connectivity index (χ4v) is 4.09. The predicted molar refractivity (Wildman–Crippen MR) is 90.8 cm³/mol. The van der Waals surface area contributed by atoms with Gasteiger partial charge in [0.2, 0.25) is 5.91 Å². The molecule has 0 atom stereocenters. The Morgan fingerprint density at radius 2 is 1.95 bits per heavy atom. The van der Waals surface area contributed by atoms with Crippen LogP contribution in [0.15, 0.2) is 10.8 Å². The first-order valence-electron chi connectivity index (χ1n) is 7.54. The van der Waals surface area contributed by atoms with Crippen LogP contribution in [-0.4, -0.2) is 47.0 Å². The number of aromatic nitrogens is 2. The van der Waals surface area contributed by atoms with Crippen molar-refractivity contribution in [3.8, 4) is 0 Å². The van der Waals surface area contributed by atoms with Crippen molar-refractivity contribution < 1.29 is 4.79 Å². The number of carbonyl (C=O) groups excluding carboxylic acids is 1. The zero-order valence-corrected chi connectivity index (χ0v) is 14.5. The lowest BCUT2D eigenvalue weighted by atomic mass is 10.2. The summed E-state index contributed by atoms with van der Waals surface area (Å²) < 4.78 is 0. The van der Waals surface area contributed by atoms with Gasteiger partial charge in [0.15, 0.2) is 5.13 Å². The van der Waals surface area contributed by atoms with Crippen molar-refractivity contribution >= 4 is 33.7 Å². The summed E-state index contributed by atoms with van der Waals surface area (Å²) >= 11 is 3.32. The van der Waals surface area contributed by atoms with E-state index >= 15 is 0 Å². The molecule has 3 rings (SSSR count). The van der Waals surface area contributed by atoms with Gasteiger partial charge in [0.1, 0.15) is 0 Å². The second kappa shape index (κ2) is 6.75. The molecule has 0 spiro atoms. The molecule has 5 nitrogen and oxygen atoms in total. The number of aryl methyl sites for hydroxylation is 2. The van der Waals surface area contributed by atoms with Gasteiger partial charge in [-0.25, -0.2) is 9.97 Å². The number of hydrogen-bond acceptors (Lipinski definition) is 6. The van der Waals surface area contributed by atoms with E-state index in [1.54, 1.807) is 22.7 Å². The van der Waals surface area contributed by atoms with Crippen LogP contribution in [0, 0.1) is 6.92 Å². The van der Waals surface area contributed by atoms with Gasteiger partial charge in [0, 0.05) is 36.9 Å². The van der Waals surface area contributed by atoms with Crippen LogP contribution >= 0.6 is 22.7 Å². The Kier molecular flexibility index (Phi) is 4.73. The Morgan fingerprint density at radius 1 is 1.18 bits per heavy atom. The molecule has 3 heterocycles. The second-order valence-electron chi connectivity index (χ2n) is 5.40. The molecule has 22 heavy (non-hydrogen) atoms. The average molecular weight is 336 g/mol. The topological polar surface area (TPSA) is 49.3 Å². The van der Waals surface area contributed by atoms with E-state index < -0.39 is 0 Å². The SMILES string of the molecule is CCc1nc(CC(=O)N2CCN(c3nc(C)cs3)CC2)cs1. The highest BCUT2D eigenvalue weighted by atomic mass is 32.1. The molecular formula is C15H20N4OS2. The molecule has 7 heteroatoms. The minimum atomic E-state index is 0.183. The van der Waals surface area contributed by atoms with E-state index in [1.165, 1.54) is 0 Å². The summed E-state index contributed by atoms with van der Waals surface area (Å²) in [6, 6.07) is 0. The molecule has 0 saturated carbocycles. The van der Waals surface area contributed by atoms with Crippen LogP contribution in [-0.2, 0) is 17.6 Å². The zero-order valence-electron chi connectivity index (χ0n) is 12.9. The van der Waals surface area contributed by atoms with Crippen molar-refractivity contribution in [2.45, 2.75) is 26.7 Å². The van der Waals surface area contributed by atoms with Crippen molar-refractivity contribution in [2.24, 2.45) is 0 Å². The number of hydrogen-bond donors (Lipinski definition) is 0. The summed E-state index contributed by atoms with van der Waals surface area (Å²) in [7, 11) is 0. The number of thiazole rings is 2. The quantitative estimate of drug-likeness (QED) is 0.860. The minimum absolute atomic E-state index is 0.183. The van der Waals surface area contributed by atoms with E-state index in [2.05, 4.69) is 27.2 Å². The molecular weight excluding hydrogens is 316 g/mol. The second-order valence-corrected chi connectivity index (χ2v) is 7.18. The molecule has 118 valence electrons. The Labute approximate surface area is 138 Å². The number of carbonyl (C=O) groups is 1. The van der Waals surface area contributed by atoms with Crippen LogP contribution in [0.1, 0.15) is 23.3 Å². The zero-order chi connectivity index (χ0) is 15.5. The number of amides is 1. The Bertz CT molecular complexity index is 644. The van der Waals surface area contributed by atoms with E-state index in [0.717, 1.165) is 54.1 Å². The smallest absolute Gasteiger partial charge is 0.228 e. The van der Waals surface area contributed by atoms with Crippen LogP contribution in [0.25, 0.3) is 0 Å². The molecule has 1 aliphatic rings. The fraction of sp³-hybridized carbons (Fsp3) is 0.533. The largest absolute Gasteiger partial charge is 0.345 e. The van der Waals surface area contributed by atoms with Gasteiger partial charge in [-0.15, -0.1) is 22.7 Å². The number of piperazine rings is 1. The molecule has 1 fully saturated rings. The van der Waals surface area contributed by atoms with Crippen molar-refractivity contribution in [3.05, 3.63) is 27.2 Å². The van der Waals surface area contributed by atoms with Crippen LogP contribution in [0.5, 0.6) is 0 Å². The van der Waals surface area contributed by atoms with Crippen molar-refractivity contribution in [3.63, 3.8) is 0 Å². The van der Waals surface area contributed by atoms with Gasteiger partial charge in [-0.05, 0) is 13.3 Å². The highest BCUT2D eigenvalue weighted by Crippen LogP contribution is 2.21. The first-order valence-corrected chi connectivity index (χ1v) is 9.29. The fourth-order valence-electron chi connectivity index (χ4n) is 2.49. The van der Waals surface area contributed by atoms with Crippen LogP contribution in [0.2, 0.25) is 0 Å². The summed E-state index contributed by atoms with van der Waals surface area (Å²) in [5.41, 5.74) is 1.97. The third-order valence-electron chi connectivity index (χ3n) is 3.74. The van der Waals surface area contributed by atoms with E-state index in [9.17, 15) is 4.79 Å². The third kappa shape index (κ3) is 3.47. The summed E-state index contributed by atoms with van der Waals surface area (Å²) in [6.45, 7) is 7.35. The van der Waals surface area contributed by atoms with Gasteiger partial charge in [-0.3, -0.25) is 4.79 Å². The van der Waals surface area contributed by atoms with Gasteiger partial charge in [0.25, 0.3) is 0 Å². The Hall–Kier alpha value is -1.47. The summed E-state index contributed by atoms with van der Waals surface area (Å²) in [5.74, 6) is 0.183. The third-order valence-corrected chi connectivity index (χ3v) is 5.81. The summed E-state index contributed by atoms with van der Waals surface area (Å²) in [4.78, 5) is 25.6. The van der Waals surface area contributed by atoms with Crippen LogP contribution in [0.3, 0.4) is 0 Å². The van der Waals surface area contributed by atoms with Gasteiger partial charge < -0.3 is 9.80 Å². The van der Waals surface area contributed by atoms with E-state index in [-0.39, 0.29) is 5.91 Å². The lowest BCUT2D eigenvalue weighted by Gasteiger charge is -2.34. The lowest BCUT2D eigenvalue weighted by Crippen LogP contribution is -2.49. The van der Waals surface area contributed by atoms with Crippen molar-refractivity contribution in [2.75, 3.05) is 31.1 Å². The number of anilines is 1. The maximum atomic E-state index is 12.4. The van der Waals surface area contributed by atoms with E-state index in [4.69, 9.17) is 0 Å². The van der Waals surface area contributed by atoms with Gasteiger partial charge in [-0.1, -0.05) is 6.92 Å². The molecule has 0 unspecified atom stereocenters. The highest BCUT2D eigenvalue weighted by molar-refractivity contribution is 7.13. The van der Waals surface area contributed by atoms with Crippen LogP contribution in [0.4, 0.5) is 5.13 Å². The van der Waals surface area contributed by atoms with Crippen LogP contribution < -0.4 is 4.90 Å². The molecule has 0 N–H and O–H groups in total. The minimum Gasteiger partial charge on any atom is -0.345 e. The molecule has 1 aliphatic heterocycles. The normalized spacial score (nSPS) is 15.4. The van der Waals surface area contributed by atoms with Crippen molar-refractivity contribution in [1.82, 2.24) is 14.9 Å². The van der Waals surface area contributed by atoms with E-state index in [0.29, 0.717) is 6.42 Å².